The molecular formula is C15H29N5S. The van der Waals surface area contributed by atoms with E-state index in [1.807, 2.05) is 4.68 Å². The average molecular weight is 311 g/mol. The largest absolute Gasteiger partial charge is 0.313 e. The molecule has 1 aliphatic rings. The van der Waals surface area contributed by atoms with E-state index in [0.717, 1.165) is 17.5 Å². The van der Waals surface area contributed by atoms with Crippen LogP contribution in [0.3, 0.4) is 0 Å². The van der Waals surface area contributed by atoms with E-state index in [9.17, 15) is 0 Å². The molecule has 1 N–H and O–H groups in total. The number of thioether (sulfide) groups is 1. The molecule has 21 heavy (non-hydrogen) atoms. The predicted molar refractivity (Wildman–Crippen MR) is 87.7 cm³/mol. The Morgan fingerprint density at radius 2 is 2.14 bits per heavy atom. The molecule has 5 nitrogen and oxygen atoms in total. The first kappa shape index (κ1) is 16.7. The lowest BCUT2D eigenvalue weighted by Crippen LogP contribution is -2.28. The van der Waals surface area contributed by atoms with Gasteiger partial charge in [-0.15, -0.1) is 5.10 Å². The summed E-state index contributed by atoms with van der Waals surface area (Å²) in [6, 6.07) is 1.14. The molecule has 0 amide bonds. The first-order valence-electron chi connectivity index (χ1n) is 8.45. The molecule has 0 saturated heterocycles. The normalized spacial score (nSPS) is 17.4. The van der Waals surface area contributed by atoms with E-state index in [1.165, 1.54) is 51.4 Å². The van der Waals surface area contributed by atoms with Gasteiger partial charge in [-0.1, -0.05) is 50.8 Å². The molecule has 1 heterocycles. The molecule has 1 unspecified atom stereocenters. The summed E-state index contributed by atoms with van der Waals surface area (Å²) in [5.74, 6) is 1.03. The fourth-order valence-electron chi connectivity index (χ4n) is 2.91. The zero-order valence-electron chi connectivity index (χ0n) is 13.4. The van der Waals surface area contributed by atoms with Gasteiger partial charge in [0.05, 0.1) is 6.04 Å². The summed E-state index contributed by atoms with van der Waals surface area (Å²) in [5.41, 5.74) is 0. The predicted octanol–water partition coefficient (Wildman–Crippen LogP) is 3.44. The second-order valence-electron chi connectivity index (χ2n) is 6.04. The minimum Gasteiger partial charge on any atom is -0.313 e. The number of nitrogens with zero attached hydrogens (tertiary/aromatic N) is 4. The second-order valence-corrected chi connectivity index (χ2v) is 7.11. The second kappa shape index (κ2) is 9.41. The highest BCUT2D eigenvalue weighted by Gasteiger charge is 2.21. The van der Waals surface area contributed by atoms with Gasteiger partial charge in [-0.3, -0.25) is 0 Å². The van der Waals surface area contributed by atoms with Crippen molar-refractivity contribution in [2.45, 2.75) is 82.5 Å². The Bertz CT molecular complexity index is 389. The minimum atomic E-state index is 0.531. The molecular weight excluding hydrogens is 282 g/mol. The third kappa shape index (κ3) is 5.58. The first-order chi connectivity index (χ1) is 10.3. The third-order valence-corrected chi connectivity index (χ3v) is 5.14. The summed E-state index contributed by atoms with van der Waals surface area (Å²) in [7, 11) is 0. The quantitative estimate of drug-likeness (QED) is 0.530. The van der Waals surface area contributed by atoms with Gasteiger partial charge in [0, 0.05) is 18.3 Å². The highest BCUT2D eigenvalue weighted by molar-refractivity contribution is 7.99. The molecule has 120 valence electrons. The maximum absolute atomic E-state index is 4.18. The van der Waals surface area contributed by atoms with Crippen molar-refractivity contribution in [2.75, 3.05) is 12.3 Å². The lowest BCUT2D eigenvalue weighted by molar-refractivity contribution is 0.423. The van der Waals surface area contributed by atoms with E-state index in [2.05, 4.69) is 34.7 Å². The molecule has 6 heteroatoms. The monoisotopic (exact) mass is 311 g/mol. The summed E-state index contributed by atoms with van der Waals surface area (Å²) in [6.07, 6.45) is 10.3. The van der Waals surface area contributed by atoms with Crippen molar-refractivity contribution >= 4 is 11.8 Å². The van der Waals surface area contributed by atoms with Gasteiger partial charge in [0.25, 0.3) is 0 Å². The van der Waals surface area contributed by atoms with Crippen molar-refractivity contribution in [1.29, 1.82) is 0 Å². The Morgan fingerprint density at radius 3 is 2.90 bits per heavy atom. The molecule has 0 bridgehead atoms. The average Bonchev–Trinajstić information content (AvgIpc) is 3.14. The van der Waals surface area contributed by atoms with Crippen molar-refractivity contribution in [2.24, 2.45) is 0 Å². The number of unbranched alkanes of at least 4 members (excludes halogenated alkanes) is 2. The van der Waals surface area contributed by atoms with Crippen LogP contribution < -0.4 is 5.32 Å². The Hall–Kier alpha value is -0.620. The Labute approximate surface area is 132 Å². The van der Waals surface area contributed by atoms with Gasteiger partial charge in [0.15, 0.2) is 0 Å². The van der Waals surface area contributed by atoms with Gasteiger partial charge in [0.2, 0.25) is 5.16 Å². The van der Waals surface area contributed by atoms with E-state index >= 15 is 0 Å². The van der Waals surface area contributed by atoms with Crippen molar-refractivity contribution in [3.05, 3.63) is 0 Å². The summed E-state index contributed by atoms with van der Waals surface area (Å²) in [4.78, 5) is 0. The number of hydrogen-bond acceptors (Lipinski definition) is 5. The molecule has 0 radical (unpaired) electrons. The van der Waals surface area contributed by atoms with Gasteiger partial charge >= 0.3 is 0 Å². The molecule has 1 aromatic rings. The van der Waals surface area contributed by atoms with E-state index in [4.69, 9.17) is 0 Å². The Balaban J connectivity index is 1.63. The lowest BCUT2D eigenvalue weighted by atomic mass is 10.1. The summed E-state index contributed by atoms with van der Waals surface area (Å²) < 4.78 is 2.04. The SMILES string of the molecule is CCCCCC(C)NCCSc1nnnn1C1CCCC1. The van der Waals surface area contributed by atoms with Gasteiger partial charge in [-0.25, -0.2) is 4.68 Å². The summed E-state index contributed by atoms with van der Waals surface area (Å²) >= 11 is 1.78. The van der Waals surface area contributed by atoms with Gasteiger partial charge in [0.1, 0.15) is 0 Å². The topological polar surface area (TPSA) is 55.6 Å². The zero-order chi connectivity index (χ0) is 14.9. The van der Waals surface area contributed by atoms with Crippen LogP contribution in [0.2, 0.25) is 0 Å². The maximum atomic E-state index is 4.18. The van der Waals surface area contributed by atoms with Crippen LogP contribution in [0.1, 0.15) is 71.3 Å². The van der Waals surface area contributed by atoms with Gasteiger partial charge < -0.3 is 5.32 Å². The van der Waals surface area contributed by atoms with Crippen molar-refractivity contribution in [1.82, 2.24) is 25.5 Å². The van der Waals surface area contributed by atoms with Crippen LogP contribution in [-0.2, 0) is 0 Å². The molecule has 1 saturated carbocycles. The number of aromatic nitrogens is 4. The van der Waals surface area contributed by atoms with Crippen LogP contribution in [-0.4, -0.2) is 38.5 Å². The van der Waals surface area contributed by atoms with E-state index in [1.54, 1.807) is 11.8 Å². The van der Waals surface area contributed by atoms with E-state index in [0.29, 0.717) is 12.1 Å². The third-order valence-electron chi connectivity index (χ3n) is 4.20. The standard InChI is InChI=1S/C15H29N5S/c1-3-4-5-8-13(2)16-11-12-21-15-17-18-19-20(15)14-9-6-7-10-14/h13-14,16H,3-12H2,1-2H3. The Kier molecular flexibility index (Phi) is 7.50. The molecule has 0 aromatic carbocycles. The molecule has 2 rings (SSSR count). The molecule has 0 spiro atoms. The van der Waals surface area contributed by atoms with Crippen LogP contribution in [0.15, 0.2) is 5.16 Å². The first-order valence-corrected chi connectivity index (χ1v) is 9.44. The summed E-state index contributed by atoms with van der Waals surface area (Å²) in [6.45, 7) is 5.56. The highest BCUT2D eigenvalue weighted by Crippen LogP contribution is 2.31. The molecule has 1 aliphatic carbocycles. The van der Waals surface area contributed by atoms with Gasteiger partial charge in [-0.2, -0.15) is 0 Å². The fourth-order valence-corrected chi connectivity index (χ4v) is 3.72. The smallest absolute Gasteiger partial charge is 0.209 e. The zero-order valence-corrected chi connectivity index (χ0v) is 14.2. The highest BCUT2D eigenvalue weighted by atomic mass is 32.2. The molecule has 1 atom stereocenters. The van der Waals surface area contributed by atoms with Crippen molar-refractivity contribution < 1.29 is 0 Å². The number of hydrogen-bond donors (Lipinski definition) is 1. The van der Waals surface area contributed by atoms with Crippen LogP contribution in [0.25, 0.3) is 0 Å². The fraction of sp³-hybridized carbons (Fsp3) is 0.933. The number of tetrazole rings is 1. The molecule has 1 aromatic heterocycles. The molecule has 0 aliphatic heterocycles. The number of rotatable bonds is 10. The van der Waals surface area contributed by atoms with Crippen LogP contribution >= 0.6 is 11.8 Å². The summed E-state index contributed by atoms with van der Waals surface area (Å²) in [5, 5.41) is 16.8. The van der Waals surface area contributed by atoms with Crippen LogP contribution in [0, 0.1) is 0 Å². The van der Waals surface area contributed by atoms with Crippen molar-refractivity contribution in [3.63, 3.8) is 0 Å². The van der Waals surface area contributed by atoms with E-state index in [-0.39, 0.29) is 0 Å². The van der Waals surface area contributed by atoms with E-state index < -0.39 is 0 Å². The van der Waals surface area contributed by atoms with Crippen LogP contribution in [0.4, 0.5) is 0 Å². The van der Waals surface area contributed by atoms with Gasteiger partial charge in [-0.05, 0) is 36.6 Å². The minimum absolute atomic E-state index is 0.531. The van der Waals surface area contributed by atoms with Crippen LogP contribution in [0.5, 0.6) is 0 Å². The number of nitrogens with one attached hydrogen (secondary N) is 1. The Morgan fingerprint density at radius 1 is 1.33 bits per heavy atom. The lowest BCUT2D eigenvalue weighted by Gasteiger charge is -2.14. The maximum Gasteiger partial charge on any atom is 0.209 e. The van der Waals surface area contributed by atoms with Crippen molar-refractivity contribution in [3.8, 4) is 0 Å². The molecule has 1 fully saturated rings.